The number of aryl methyl sites for hydroxylation is 1. The summed E-state index contributed by atoms with van der Waals surface area (Å²) in [7, 11) is 1.45. The number of amides is 1. The maximum Gasteiger partial charge on any atom is 0.345 e. The van der Waals surface area contributed by atoms with Gasteiger partial charge in [0.15, 0.2) is 18.1 Å². The Kier molecular flexibility index (Phi) is 8.29. The lowest BCUT2D eigenvalue weighted by Crippen LogP contribution is -2.24. The molecule has 3 rings (SSSR count). The van der Waals surface area contributed by atoms with Crippen molar-refractivity contribution in [1.29, 1.82) is 0 Å². The van der Waals surface area contributed by atoms with E-state index < -0.39 is 11.9 Å². The molecule has 7 nitrogen and oxygen atoms in total. The average Bonchev–Trinajstić information content (AvgIpc) is 2.81. The summed E-state index contributed by atoms with van der Waals surface area (Å²) in [6.45, 7) is 1.63. The molecule has 9 heteroatoms. The van der Waals surface area contributed by atoms with Crippen molar-refractivity contribution in [2.24, 2.45) is 5.10 Å². The van der Waals surface area contributed by atoms with Crippen LogP contribution >= 0.6 is 23.2 Å². The molecule has 1 N–H and O–H groups in total. The first-order chi connectivity index (χ1) is 15.9. The van der Waals surface area contributed by atoms with Crippen molar-refractivity contribution in [2.75, 3.05) is 13.7 Å². The van der Waals surface area contributed by atoms with Gasteiger partial charge in [-0.25, -0.2) is 10.2 Å². The summed E-state index contributed by atoms with van der Waals surface area (Å²) in [5.74, 6) is 0.0182. The molecule has 0 spiro atoms. The van der Waals surface area contributed by atoms with E-state index >= 15 is 0 Å². The second kappa shape index (κ2) is 11.4. The van der Waals surface area contributed by atoms with Gasteiger partial charge in [0.1, 0.15) is 5.75 Å². The maximum absolute atomic E-state index is 12.4. The molecule has 1 amide bonds. The lowest BCUT2D eigenvalue weighted by Gasteiger charge is -2.10. The van der Waals surface area contributed by atoms with E-state index in [-0.39, 0.29) is 22.9 Å². The van der Waals surface area contributed by atoms with Gasteiger partial charge in [-0.05, 0) is 66.6 Å². The van der Waals surface area contributed by atoms with E-state index in [0.717, 1.165) is 5.56 Å². The molecular formula is C24H20Cl2N2O5. The van der Waals surface area contributed by atoms with E-state index in [1.807, 2.05) is 6.92 Å². The van der Waals surface area contributed by atoms with Crippen LogP contribution in [-0.2, 0) is 4.79 Å². The minimum atomic E-state index is -0.608. The van der Waals surface area contributed by atoms with Crippen molar-refractivity contribution in [3.8, 4) is 17.2 Å². The van der Waals surface area contributed by atoms with Gasteiger partial charge in [-0.3, -0.25) is 4.79 Å². The summed E-state index contributed by atoms with van der Waals surface area (Å²) in [4.78, 5) is 24.3. The maximum atomic E-state index is 12.4. The summed E-state index contributed by atoms with van der Waals surface area (Å²) in [6.07, 6.45) is 1.42. The number of carbonyl (C=O) groups excluding carboxylic acids is 2. The van der Waals surface area contributed by atoms with Gasteiger partial charge in [0.2, 0.25) is 0 Å². The van der Waals surface area contributed by atoms with Crippen LogP contribution in [0.25, 0.3) is 0 Å². The number of halogens is 2. The number of rotatable bonds is 8. The average molecular weight is 487 g/mol. The van der Waals surface area contributed by atoms with Crippen LogP contribution in [0.2, 0.25) is 10.0 Å². The number of ether oxygens (including phenoxy) is 3. The van der Waals surface area contributed by atoms with Crippen molar-refractivity contribution in [3.05, 3.63) is 87.4 Å². The quantitative estimate of drug-likeness (QED) is 0.208. The molecule has 3 aromatic rings. The Labute approximate surface area is 200 Å². The largest absolute Gasteiger partial charge is 0.493 e. The Balaban J connectivity index is 1.57. The number of carbonyl (C=O) groups is 2. The summed E-state index contributed by atoms with van der Waals surface area (Å²) in [5, 5.41) is 4.81. The monoisotopic (exact) mass is 486 g/mol. The zero-order chi connectivity index (χ0) is 23.8. The number of esters is 1. The molecule has 3 aromatic carbocycles. The minimum Gasteiger partial charge on any atom is -0.493 e. The lowest BCUT2D eigenvalue weighted by atomic mass is 10.2. The summed E-state index contributed by atoms with van der Waals surface area (Å²) >= 11 is 12.0. The highest BCUT2D eigenvalue weighted by molar-refractivity contribution is 6.33. The molecule has 33 heavy (non-hydrogen) atoms. The number of nitrogens with one attached hydrogen (secondary N) is 1. The predicted molar refractivity (Wildman–Crippen MR) is 127 cm³/mol. The molecule has 0 aliphatic heterocycles. The zero-order valence-electron chi connectivity index (χ0n) is 17.8. The number of hydrazone groups is 1. The Hall–Kier alpha value is -3.55. The van der Waals surface area contributed by atoms with Crippen molar-refractivity contribution in [2.45, 2.75) is 6.92 Å². The Morgan fingerprint density at radius 2 is 1.79 bits per heavy atom. The van der Waals surface area contributed by atoms with Gasteiger partial charge in [0.05, 0.1) is 23.9 Å². The van der Waals surface area contributed by atoms with Crippen LogP contribution in [0.15, 0.2) is 65.8 Å². The summed E-state index contributed by atoms with van der Waals surface area (Å²) in [5.41, 5.74) is 4.08. The van der Waals surface area contributed by atoms with Crippen LogP contribution in [0.5, 0.6) is 17.2 Å². The molecule has 0 atom stereocenters. The SMILES string of the molecule is COc1cc(/C=N/NC(=O)COc2ccc(Cl)c(C)c2)ccc1OC(=O)c1ccccc1Cl. The molecule has 0 aromatic heterocycles. The van der Waals surface area contributed by atoms with E-state index in [1.165, 1.54) is 13.3 Å². The van der Waals surface area contributed by atoms with E-state index in [4.69, 9.17) is 37.4 Å². The first-order valence-electron chi connectivity index (χ1n) is 9.73. The number of hydrogen-bond donors (Lipinski definition) is 1. The molecule has 0 aliphatic rings. The fraction of sp³-hybridized carbons (Fsp3) is 0.125. The van der Waals surface area contributed by atoms with Gasteiger partial charge >= 0.3 is 5.97 Å². The number of methoxy groups -OCH3 is 1. The third-order valence-electron chi connectivity index (χ3n) is 4.39. The second-order valence-corrected chi connectivity index (χ2v) is 7.59. The first kappa shape index (κ1) is 24.1. The normalized spacial score (nSPS) is 10.7. The fourth-order valence-corrected chi connectivity index (χ4v) is 3.03. The van der Waals surface area contributed by atoms with Gasteiger partial charge in [-0.1, -0.05) is 35.3 Å². The molecule has 0 heterocycles. The standard InChI is InChI=1S/C24H20Cl2N2O5/c1-15-11-17(8-9-19(15)25)32-14-23(29)28-27-13-16-7-10-21(22(12-16)31-2)33-24(30)18-5-3-4-6-20(18)26/h3-13H,14H2,1-2H3,(H,28,29)/b27-13+. The molecule has 0 bridgehead atoms. The number of hydrogen-bond acceptors (Lipinski definition) is 6. The van der Waals surface area contributed by atoms with Crippen LogP contribution < -0.4 is 19.6 Å². The van der Waals surface area contributed by atoms with Gasteiger partial charge in [0.25, 0.3) is 5.91 Å². The molecule has 0 radical (unpaired) electrons. The van der Waals surface area contributed by atoms with E-state index in [9.17, 15) is 9.59 Å². The van der Waals surface area contributed by atoms with Crippen LogP contribution in [-0.4, -0.2) is 31.8 Å². The zero-order valence-corrected chi connectivity index (χ0v) is 19.3. The topological polar surface area (TPSA) is 86.2 Å². The van der Waals surface area contributed by atoms with E-state index in [1.54, 1.807) is 60.7 Å². The minimum absolute atomic E-state index is 0.210. The van der Waals surface area contributed by atoms with Crippen molar-refractivity contribution in [3.63, 3.8) is 0 Å². The third-order valence-corrected chi connectivity index (χ3v) is 5.14. The fourth-order valence-electron chi connectivity index (χ4n) is 2.70. The van der Waals surface area contributed by atoms with E-state index in [0.29, 0.717) is 22.1 Å². The molecular weight excluding hydrogens is 467 g/mol. The van der Waals surface area contributed by atoms with Gasteiger partial charge in [0, 0.05) is 5.02 Å². The number of nitrogens with zero attached hydrogens (tertiary/aromatic N) is 1. The van der Waals surface area contributed by atoms with E-state index in [2.05, 4.69) is 10.5 Å². The summed E-state index contributed by atoms with van der Waals surface area (Å²) in [6, 6.07) is 16.5. The highest BCUT2D eigenvalue weighted by Gasteiger charge is 2.15. The Morgan fingerprint density at radius 3 is 2.52 bits per heavy atom. The molecule has 0 unspecified atom stereocenters. The third kappa shape index (κ3) is 6.71. The molecule has 0 fully saturated rings. The van der Waals surface area contributed by atoms with Crippen molar-refractivity contribution in [1.82, 2.24) is 5.43 Å². The molecule has 0 saturated carbocycles. The van der Waals surface area contributed by atoms with Crippen LogP contribution in [0, 0.1) is 6.92 Å². The van der Waals surface area contributed by atoms with Crippen LogP contribution in [0.1, 0.15) is 21.5 Å². The van der Waals surface area contributed by atoms with Gasteiger partial charge in [-0.2, -0.15) is 5.10 Å². The first-order valence-corrected chi connectivity index (χ1v) is 10.5. The Bertz CT molecular complexity index is 1200. The van der Waals surface area contributed by atoms with Gasteiger partial charge < -0.3 is 14.2 Å². The van der Waals surface area contributed by atoms with Gasteiger partial charge in [-0.15, -0.1) is 0 Å². The number of benzene rings is 3. The van der Waals surface area contributed by atoms with Crippen LogP contribution in [0.3, 0.4) is 0 Å². The molecule has 0 aliphatic carbocycles. The lowest BCUT2D eigenvalue weighted by molar-refractivity contribution is -0.123. The predicted octanol–water partition coefficient (Wildman–Crippen LogP) is 5.06. The second-order valence-electron chi connectivity index (χ2n) is 6.77. The molecule has 170 valence electrons. The summed E-state index contributed by atoms with van der Waals surface area (Å²) < 4.78 is 16.1. The smallest absolute Gasteiger partial charge is 0.345 e. The van der Waals surface area contributed by atoms with Crippen molar-refractivity contribution >= 4 is 41.3 Å². The highest BCUT2D eigenvalue weighted by Crippen LogP contribution is 2.29. The van der Waals surface area contributed by atoms with Crippen molar-refractivity contribution < 1.29 is 23.8 Å². The highest BCUT2D eigenvalue weighted by atomic mass is 35.5. The Morgan fingerprint density at radius 1 is 1.00 bits per heavy atom. The van der Waals surface area contributed by atoms with Crippen LogP contribution in [0.4, 0.5) is 0 Å². The molecule has 0 saturated heterocycles.